The molecule has 16 heavy (non-hydrogen) atoms. The van der Waals surface area contributed by atoms with Crippen molar-refractivity contribution in [3.63, 3.8) is 0 Å². The summed E-state index contributed by atoms with van der Waals surface area (Å²) in [5, 5.41) is 3.50. The van der Waals surface area contributed by atoms with E-state index >= 15 is 0 Å². The first-order valence-electron chi connectivity index (χ1n) is 4.71. The molecule has 2 rings (SSSR count). The molecule has 0 amide bonds. The third kappa shape index (κ3) is 2.19. The third-order valence-corrected chi connectivity index (χ3v) is 2.16. The minimum absolute atomic E-state index is 0.285. The second kappa shape index (κ2) is 4.47. The standard InChI is InChI=1S/C12H8FN3/c13-11-5-1-3-9(7-11)10-4-2-6-12(8-10)15-16-14/h1-8H. The Balaban J connectivity index is 2.48. The molecule has 2 aromatic rings. The lowest BCUT2D eigenvalue weighted by molar-refractivity contribution is 0.628. The van der Waals surface area contributed by atoms with Crippen molar-refractivity contribution in [3.8, 4) is 11.1 Å². The van der Waals surface area contributed by atoms with Gasteiger partial charge in [-0.1, -0.05) is 35.4 Å². The van der Waals surface area contributed by atoms with Gasteiger partial charge in [0.25, 0.3) is 0 Å². The van der Waals surface area contributed by atoms with Gasteiger partial charge < -0.3 is 0 Å². The highest BCUT2D eigenvalue weighted by Gasteiger charge is 1.99. The van der Waals surface area contributed by atoms with Crippen LogP contribution in [0.1, 0.15) is 0 Å². The van der Waals surface area contributed by atoms with Crippen molar-refractivity contribution in [2.24, 2.45) is 5.11 Å². The van der Waals surface area contributed by atoms with Crippen molar-refractivity contribution >= 4 is 5.69 Å². The molecule has 0 aliphatic heterocycles. The lowest BCUT2D eigenvalue weighted by Crippen LogP contribution is -1.79. The number of rotatable bonds is 2. The first kappa shape index (κ1) is 10.2. The van der Waals surface area contributed by atoms with Crippen LogP contribution in [0.3, 0.4) is 0 Å². The highest BCUT2D eigenvalue weighted by Crippen LogP contribution is 2.24. The normalized spacial score (nSPS) is 9.56. The van der Waals surface area contributed by atoms with Crippen LogP contribution in [0, 0.1) is 5.82 Å². The smallest absolute Gasteiger partial charge is 0.123 e. The second-order valence-corrected chi connectivity index (χ2v) is 3.25. The number of benzene rings is 2. The molecule has 78 valence electrons. The quantitative estimate of drug-likeness (QED) is 0.402. The maximum atomic E-state index is 13.0. The van der Waals surface area contributed by atoms with Gasteiger partial charge in [-0.15, -0.1) is 0 Å². The molecule has 2 aromatic carbocycles. The molecule has 0 unspecified atom stereocenters. The van der Waals surface area contributed by atoms with Crippen LogP contribution in [0.2, 0.25) is 0 Å². The predicted octanol–water partition coefficient (Wildman–Crippen LogP) is 4.43. The molecule has 0 aliphatic carbocycles. The summed E-state index contributed by atoms with van der Waals surface area (Å²) in [4.78, 5) is 2.71. The van der Waals surface area contributed by atoms with Crippen LogP contribution in [0.15, 0.2) is 53.6 Å². The predicted molar refractivity (Wildman–Crippen MR) is 60.6 cm³/mol. The van der Waals surface area contributed by atoms with Crippen LogP contribution in [-0.2, 0) is 0 Å². The summed E-state index contributed by atoms with van der Waals surface area (Å²) in [6.45, 7) is 0. The zero-order chi connectivity index (χ0) is 11.4. The monoisotopic (exact) mass is 213 g/mol. The minimum atomic E-state index is -0.285. The van der Waals surface area contributed by atoms with E-state index in [0.29, 0.717) is 5.69 Å². The Morgan fingerprint density at radius 3 is 2.38 bits per heavy atom. The highest BCUT2D eigenvalue weighted by atomic mass is 19.1. The number of halogens is 1. The minimum Gasteiger partial charge on any atom is -0.207 e. The highest BCUT2D eigenvalue weighted by molar-refractivity contribution is 5.66. The van der Waals surface area contributed by atoms with Crippen molar-refractivity contribution in [2.45, 2.75) is 0 Å². The molecule has 4 heteroatoms. The van der Waals surface area contributed by atoms with E-state index < -0.39 is 0 Å². The Morgan fingerprint density at radius 2 is 1.69 bits per heavy atom. The molecule has 0 saturated heterocycles. The Labute approximate surface area is 91.8 Å². The van der Waals surface area contributed by atoms with Gasteiger partial charge in [0.2, 0.25) is 0 Å². The molecule has 0 atom stereocenters. The van der Waals surface area contributed by atoms with Crippen LogP contribution in [0.4, 0.5) is 10.1 Å². The molecule has 0 aromatic heterocycles. The van der Waals surface area contributed by atoms with Gasteiger partial charge in [0.15, 0.2) is 0 Å². The molecular formula is C12H8FN3. The second-order valence-electron chi connectivity index (χ2n) is 3.25. The van der Waals surface area contributed by atoms with E-state index in [0.717, 1.165) is 11.1 Å². The molecule has 0 bridgehead atoms. The van der Waals surface area contributed by atoms with Crippen LogP contribution >= 0.6 is 0 Å². The summed E-state index contributed by atoms with van der Waals surface area (Å²) in [6.07, 6.45) is 0. The fraction of sp³-hybridized carbons (Fsp3) is 0. The van der Waals surface area contributed by atoms with Gasteiger partial charge in [0.05, 0.1) is 0 Å². The summed E-state index contributed by atoms with van der Waals surface area (Å²) < 4.78 is 13.0. The SMILES string of the molecule is [N-]=[N+]=Nc1cccc(-c2cccc(F)c2)c1. The topological polar surface area (TPSA) is 48.8 Å². The van der Waals surface area contributed by atoms with Gasteiger partial charge in [0.1, 0.15) is 5.82 Å². The number of hydrogen-bond donors (Lipinski definition) is 0. The van der Waals surface area contributed by atoms with E-state index in [1.165, 1.54) is 12.1 Å². The van der Waals surface area contributed by atoms with E-state index in [9.17, 15) is 4.39 Å². The van der Waals surface area contributed by atoms with E-state index in [-0.39, 0.29) is 5.82 Å². The molecular weight excluding hydrogens is 205 g/mol. The van der Waals surface area contributed by atoms with Crippen LogP contribution in [0.25, 0.3) is 21.6 Å². The van der Waals surface area contributed by atoms with E-state index in [4.69, 9.17) is 5.53 Å². The fourth-order valence-corrected chi connectivity index (χ4v) is 1.47. The summed E-state index contributed by atoms with van der Waals surface area (Å²) in [7, 11) is 0. The van der Waals surface area contributed by atoms with Crippen molar-refractivity contribution in [3.05, 3.63) is 64.8 Å². The molecule has 3 nitrogen and oxygen atoms in total. The zero-order valence-electron chi connectivity index (χ0n) is 8.34. The fourth-order valence-electron chi connectivity index (χ4n) is 1.47. The van der Waals surface area contributed by atoms with Gasteiger partial charge in [-0.05, 0) is 34.9 Å². The van der Waals surface area contributed by atoms with Crippen molar-refractivity contribution in [2.75, 3.05) is 0 Å². The lowest BCUT2D eigenvalue weighted by Gasteiger charge is -2.02. The summed E-state index contributed by atoms with van der Waals surface area (Å²) in [5.74, 6) is -0.285. The van der Waals surface area contributed by atoms with Crippen LogP contribution in [0.5, 0.6) is 0 Å². The average molecular weight is 213 g/mol. The van der Waals surface area contributed by atoms with Gasteiger partial charge in [-0.2, -0.15) is 0 Å². The summed E-state index contributed by atoms with van der Waals surface area (Å²) in [5.41, 5.74) is 10.4. The van der Waals surface area contributed by atoms with Gasteiger partial charge >= 0.3 is 0 Å². The number of hydrogen-bond acceptors (Lipinski definition) is 1. The molecule has 0 fully saturated rings. The van der Waals surface area contributed by atoms with Crippen molar-refractivity contribution < 1.29 is 4.39 Å². The molecule has 0 spiro atoms. The first-order valence-corrected chi connectivity index (χ1v) is 4.71. The largest absolute Gasteiger partial charge is 0.207 e. The number of nitrogens with zero attached hydrogens (tertiary/aromatic N) is 3. The van der Waals surface area contributed by atoms with Gasteiger partial charge in [-0.25, -0.2) is 4.39 Å². The van der Waals surface area contributed by atoms with Gasteiger partial charge in [0, 0.05) is 10.6 Å². The molecule has 0 saturated carbocycles. The maximum absolute atomic E-state index is 13.0. The van der Waals surface area contributed by atoms with Crippen molar-refractivity contribution in [1.82, 2.24) is 0 Å². The molecule has 0 aliphatic rings. The Kier molecular flexibility index (Phi) is 2.85. The Hall–Kier alpha value is -2.32. The zero-order valence-corrected chi connectivity index (χ0v) is 8.34. The van der Waals surface area contributed by atoms with E-state index in [1.807, 2.05) is 6.07 Å². The maximum Gasteiger partial charge on any atom is 0.123 e. The summed E-state index contributed by atoms with van der Waals surface area (Å²) in [6, 6.07) is 13.3. The third-order valence-electron chi connectivity index (χ3n) is 2.16. The summed E-state index contributed by atoms with van der Waals surface area (Å²) >= 11 is 0. The molecule has 0 N–H and O–H groups in total. The van der Waals surface area contributed by atoms with Gasteiger partial charge in [-0.3, -0.25) is 0 Å². The van der Waals surface area contributed by atoms with Crippen LogP contribution in [-0.4, -0.2) is 0 Å². The van der Waals surface area contributed by atoms with Crippen LogP contribution < -0.4 is 0 Å². The molecule has 0 radical (unpaired) electrons. The van der Waals surface area contributed by atoms with Crippen molar-refractivity contribution in [1.29, 1.82) is 0 Å². The van der Waals surface area contributed by atoms with E-state index in [1.54, 1.807) is 30.3 Å². The average Bonchev–Trinajstić information content (AvgIpc) is 2.30. The lowest BCUT2D eigenvalue weighted by atomic mass is 10.1. The number of azide groups is 1. The first-order chi connectivity index (χ1) is 7.79. The Bertz CT molecular complexity index is 560. The Morgan fingerprint density at radius 1 is 1.00 bits per heavy atom. The van der Waals surface area contributed by atoms with E-state index in [2.05, 4.69) is 10.0 Å². The molecule has 0 heterocycles.